The molecular weight excluding hydrogens is 574 g/mol. The van der Waals surface area contributed by atoms with Crippen LogP contribution in [0.4, 0.5) is 5.69 Å². The Morgan fingerprint density at radius 2 is 1.11 bits per heavy atom. The molecule has 0 bridgehead atoms. The topological polar surface area (TPSA) is 27.4 Å². The van der Waals surface area contributed by atoms with Gasteiger partial charge in [-0.2, -0.15) is 0 Å². The molecule has 0 saturated carbocycles. The van der Waals surface area contributed by atoms with Crippen LogP contribution in [0.15, 0.2) is 156 Å². The van der Waals surface area contributed by atoms with Crippen LogP contribution >= 0.6 is 0 Å². The van der Waals surface area contributed by atoms with E-state index in [0.717, 1.165) is 71.9 Å². The molecule has 0 radical (unpaired) electrons. The molecule has 0 aliphatic heterocycles. The number of aromatic nitrogens is 2. The van der Waals surface area contributed by atoms with Crippen LogP contribution in [0.25, 0.3) is 92.9 Å². The maximum Gasteiger partial charge on any atom is 0.188 e. The summed E-state index contributed by atoms with van der Waals surface area (Å²) in [6, 6.07) is 53.0. The van der Waals surface area contributed by atoms with Gasteiger partial charge in [0.15, 0.2) is 11.3 Å². The number of furan rings is 1. The van der Waals surface area contributed by atoms with E-state index in [4.69, 9.17) is 11.0 Å². The van der Waals surface area contributed by atoms with Gasteiger partial charge in [0, 0.05) is 38.0 Å². The summed E-state index contributed by atoms with van der Waals surface area (Å²) in [5.74, 6) is 0. The highest BCUT2D eigenvalue weighted by atomic mass is 16.3. The summed E-state index contributed by atoms with van der Waals surface area (Å²) in [7, 11) is 0. The molecule has 47 heavy (non-hydrogen) atoms. The number of para-hydroxylation sites is 4. The van der Waals surface area contributed by atoms with Crippen molar-refractivity contribution in [2.24, 2.45) is 0 Å². The molecule has 3 heterocycles. The average Bonchev–Trinajstić information content (AvgIpc) is 3.79. The Balaban J connectivity index is 1.26. The molecule has 0 N–H and O–H groups in total. The van der Waals surface area contributed by atoms with Crippen LogP contribution < -0.4 is 0 Å². The van der Waals surface area contributed by atoms with Gasteiger partial charge < -0.3 is 13.6 Å². The predicted octanol–water partition coefficient (Wildman–Crippen LogP) is 12.0. The van der Waals surface area contributed by atoms with Gasteiger partial charge in [0.2, 0.25) is 0 Å². The molecule has 218 valence electrons. The molecule has 0 saturated heterocycles. The fraction of sp³-hybridized carbons (Fsp3) is 0. The molecule has 0 atom stereocenters. The van der Waals surface area contributed by atoms with Gasteiger partial charge in [-0.3, -0.25) is 0 Å². The number of nitrogens with zero attached hydrogens (tertiary/aromatic N) is 3. The molecular formula is C43H25N3O. The lowest BCUT2D eigenvalue weighted by Gasteiger charge is -2.15. The first-order valence-corrected chi connectivity index (χ1v) is 15.7. The van der Waals surface area contributed by atoms with Crippen molar-refractivity contribution in [2.75, 3.05) is 0 Å². The first kappa shape index (κ1) is 25.7. The number of fused-ring (bicyclic) bond motifs is 10. The molecule has 0 amide bonds. The number of benzene rings is 7. The fourth-order valence-corrected chi connectivity index (χ4v) is 7.50. The van der Waals surface area contributed by atoms with Crippen LogP contribution in [-0.2, 0) is 0 Å². The number of rotatable bonds is 3. The molecule has 0 unspecified atom stereocenters. The highest BCUT2D eigenvalue weighted by Gasteiger charge is 2.20. The Bertz CT molecular complexity index is 2860. The lowest BCUT2D eigenvalue weighted by Crippen LogP contribution is -1.97. The minimum Gasteiger partial charge on any atom is -0.454 e. The first-order valence-electron chi connectivity index (χ1n) is 15.7. The standard InChI is InChI=1S/C43H25N3O/c1-44-28-20-23-40(46-38-17-9-5-13-30(38)31-14-6-10-18-39(31)46)35(26-28)27-19-24-41-36(25-27)34-22-21-33-32-15-7-8-16-37(32)45(42(33)43(34)47-41)29-11-3-2-4-12-29/h2-26H. The molecule has 0 spiro atoms. The molecule has 4 heteroatoms. The van der Waals surface area contributed by atoms with Crippen molar-refractivity contribution in [2.45, 2.75) is 0 Å². The number of hydrogen-bond donors (Lipinski definition) is 0. The molecule has 4 nitrogen and oxygen atoms in total. The molecule has 0 aliphatic carbocycles. The van der Waals surface area contributed by atoms with Gasteiger partial charge in [0.25, 0.3) is 0 Å². The Morgan fingerprint density at radius 1 is 0.489 bits per heavy atom. The van der Waals surface area contributed by atoms with Crippen LogP contribution in [0.3, 0.4) is 0 Å². The van der Waals surface area contributed by atoms with E-state index < -0.39 is 0 Å². The second-order valence-electron chi connectivity index (χ2n) is 12.0. The highest BCUT2D eigenvalue weighted by Crippen LogP contribution is 2.43. The molecule has 10 rings (SSSR count). The Kier molecular flexibility index (Phi) is 5.32. The van der Waals surface area contributed by atoms with E-state index in [0.29, 0.717) is 5.69 Å². The van der Waals surface area contributed by atoms with E-state index in [9.17, 15) is 0 Å². The summed E-state index contributed by atoms with van der Waals surface area (Å²) in [6.07, 6.45) is 0. The SMILES string of the molecule is [C-]#[N+]c1ccc(-n2c3ccccc3c3ccccc32)c(-c2ccc3oc4c(ccc5c6ccccc6n(-c6ccccc6)c54)c3c2)c1. The highest BCUT2D eigenvalue weighted by molar-refractivity contribution is 6.22. The molecule has 0 fully saturated rings. The first-order chi connectivity index (χ1) is 23.3. The van der Waals surface area contributed by atoms with Crippen LogP contribution in [0.5, 0.6) is 0 Å². The summed E-state index contributed by atoms with van der Waals surface area (Å²) in [4.78, 5) is 3.82. The molecule has 0 aliphatic rings. The molecule has 3 aromatic heterocycles. The van der Waals surface area contributed by atoms with Gasteiger partial charge in [-0.25, -0.2) is 4.85 Å². The smallest absolute Gasteiger partial charge is 0.188 e. The monoisotopic (exact) mass is 599 g/mol. The van der Waals surface area contributed by atoms with Crippen molar-refractivity contribution in [3.8, 4) is 22.5 Å². The third kappa shape index (κ3) is 3.63. The lowest BCUT2D eigenvalue weighted by atomic mass is 9.99. The third-order valence-corrected chi connectivity index (χ3v) is 9.53. The van der Waals surface area contributed by atoms with Crippen molar-refractivity contribution < 1.29 is 4.42 Å². The van der Waals surface area contributed by atoms with Gasteiger partial charge in [0.05, 0.1) is 34.3 Å². The van der Waals surface area contributed by atoms with E-state index in [-0.39, 0.29) is 0 Å². The zero-order valence-electron chi connectivity index (χ0n) is 25.2. The van der Waals surface area contributed by atoms with Gasteiger partial charge in [-0.15, -0.1) is 0 Å². The lowest BCUT2D eigenvalue weighted by molar-refractivity contribution is 0.671. The molecule has 7 aromatic carbocycles. The third-order valence-electron chi connectivity index (χ3n) is 9.53. The van der Waals surface area contributed by atoms with Gasteiger partial charge in [-0.1, -0.05) is 91.0 Å². The average molecular weight is 600 g/mol. The van der Waals surface area contributed by atoms with Crippen LogP contribution in [0.1, 0.15) is 0 Å². The van der Waals surface area contributed by atoms with Crippen molar-refractivity contribution in [3.63, 3.8) is 0 Å². The Morgan fingerprint density at radius 3 is 1.81 bits per heavy atom. The van der Waals surface area contributed by atoms with Gasteiger partial charge in [0.1, 0.15) is 5.58 Å². The Hall–Kier alpha value is -6.57. The zero-order chi connectivity index (χ0) is 31.1. The van der Waals surface area contributed by atoms with Gasteiger partial charge in [-0.05, 0) is 71.8 Å². The van der Waals surface area contributed by atoms with Crippen molar-refractivity contribution in [1.82, 2.24) is 9.13 Å². The second-order valence-corrected chi connectivity index (χ2v) is 12.0. The minimum absolute atomic E-state index is 0.607. The summed E-state index contributed by atoms with van der Waals surface area (Å²) in [5, 5.41) is 6.88. The summed E-state index contributed by atoms with van der Waals surface area (Å²) >= 11 is 0. The molecule has 10 aromatic rings. The summed E-state index contributed by atoms with van der Waals surface area (Å²) < 4.78 is 11.4. The van der Waals surface area contributed by atoms with E-state index >= 15 is 0 Å². The maximum absolute atomic E-state index is 7.84. The summed E-state index contributed by atoms with van der Waals surface area (Å²) in [5.41, 5.74) is 11.0. The van der Waals surface area contributed by atoms with E-state index in [2.05, 4.69) is 147 Å². The van der Waals surface area contributed by atoms with Crippen molar-refractivity contribution in [1.29, 1.82) is 0 Å². The predicted molar refractivity (Wildman–Crippen MR) is 194 cm³/mol. The quantitative estimate of drug-likeness (QED) is 0.186. The van der Waals surface area contributed by atoms with E-state index in [1.165, 1.54) is 16.2 Å². The zero-order valence-corrected chi connectivity index (χ0v) is 25.2. The summed E-state index contributed by atoms with van der Waals surface area (Å²) in [6.45, 7) is 7.84. The van der Waals surface area contributed by atoms with E-state index in [1.54, 1.807) is 0 Å². The largest absolute Gasteiger partial charge is 0.454 e. The number of hydrogen-bond acceptors (Lipinski definition) is 1. The Labute approximate surface area is 269 Å². The minimum atomic E-state index is 0.607. The van der Waals surface area contributed by atoms with Crippen molar-refractivity contribution in [3.05, 3.63) is 163 Å². The van der Waals surface area contributed by atoms with Crippen molar-refractivity contribution >= 4 is 71.2 Å². The van der Waals surface area contributed by atoms with Crippen LogP contribution in [0.2, 0.25) is 0 Å². The van der Waals surface area contributed by atoms with Crippen LogP contribution in [-0.4, -0.2) is 9.13 Å². The maximum atomic E-state index is 7.84. The van der Waals surface area contributed by atoms with E-state index in [1.807, 2.05) is 18.2 Å². The van der Waals surface area contributed by atoms with Crippen LogP contribution in [0, 0.1) is 6.57 Å². The normalized spacial score (nSPS) is 11.8. The van der Waals surface area contributed by atoms with Gasteiger partial charge >= 0.3 is 0 Å². The fourth-order valence-electron chi connectivity index (χ4n) is 7.50. The second kappa shape index (κ2) is 9.71.